The molecule has 3 aromatic rings. The number of anilines is 1. The standard InChI is InChI=1S/C19H17N/c20-19-8-4-7-18(14-19)17-11-9-16(10-12-17)13-15-5-2-1-3-6-15/h1-12,14H,13,20H2. The number of hydrogen-bond donors (Lipinski definition) is 1. The molecular weight excluding hydrogens is 242 g/mol. The van der Waals surface area contributed by atoms with Crippen molar-refractivity contribution in [2.24, 2.45) is 0 Å². The smallest absolute Gasteiger partial charge is 0.0320 e. The van der Waals surface area contributed by atoms with E-state index < -0.39 is 0 Å². The number of benzene rings is 3. The quantitative estimate of drug-likeness (QED) is 0.687. The number of nitrogens with two attached hydrogens (primary N) is 1. The summed E-state index contributed by atoms with van der Waals surface area (Å²) in [5.41, 5.74) is 11.7. The topological polar surface area (TPSA) is 26.0 Å². The minimum absolute atomic E-state index is 0.802. The summed E-state index contributed by atoms with van der Waals surface area (Å²) in [5, 5.41) is 0. The van der Waals surface area contributed by atoms with Crippen molar-refractivity contribution in [2.45, 2.75) is 6.42 Å². The molecule has 0 saturated heterocycles. The monoisotopic (exact) mass is 259 g/mol. The lowest BCUT2D eigenvalue weighted by Crippen LogP contribution is -1.88. The molecule has 0 aliphatic heterocycles. The summed E-state index contributed by atoms with van der Waals surface area (Å²) < 4.78 is 0. The molecule has 2 N–H and O–H groups in total. The van der Waals surface area contributed by atoms with Crippen LogP contribution < -0.4 is 5.73 Å². The van der Waals surface area contributed by atoms with Gasteiger partial charge in [0.1, 0.15) is 0 Å². The predicted molar refractivity (Wildman–Crippen MR) is 85.5 cm³/mol. The van der Waals surface area contributed by atoms with E-state index in [1.165, 1.54) is 16.7 Å². The molecule has 3 rings (SSSR count). The predicted octanol–water partition coefficient (Wildman–Crippen LogP) is 4.53. The van der Waals surface area contributed by atoms with Gasteiger partial charge >= 0.3 is 0 Å². The summed E-state index contributed by atoms with van der Waals surface area (Å²) in [6.07, 6.45) is 0.970. The SMILES string of the molecule is Nc1cccc(-c2ccc(Cc3ccccc3)cc2)c1. The molecule has 0 heterocycles. The van der Waals surface area contributed by atoms with Crippen LogP contribution in [0.5, 0.6) is 0 Å². The van der Waals surface area contributed by atoms with Gasteiger partial charge in [-0.3, -0.25) is 0 Å². The minimum Gasteiger partial charge on any atom is -0.399 e. The lowest BCUT2D eigenvalue weighted by molar-refractivity contribution is 1.19. The van der Waals surface area contributed by atoms with Crippen LogP contribution in [0.2, 0.25) is 0 Å². The molecule has 0 fully saturated rings. The van der Waals surface area contributed by atoms with E-state index >= 15 is 0 Å². The zero-order valence-corrected chi connectivity index (χ0v) is 11.3. The van der Waals surface area contributed by atoms with Gasteiger partial charge < -0.3 is 5.73 Å². The van der Waals surface area contributed by atoms with Gasteiger partial charge in [0.2, 0.25) is 0 Å². The van der Waals surface area contributed by atoms with Crippen LogP contribution in [0.25, 0.3) is 11.1 Å². The summed E-state index contributed by atoms with van der Waals surface area (Å²) in [6, 6.07) is 27.2. The third kappa shape index (κ3) is 2.89. The van der Waals surface area contributed by atoms with Gasteiger partial charge in [-0.05, 0) is 40.8 Å². The van der Waals surface area contributed by atoms with Gasteiger partial charge in [0.25, 0.3) is 0 Å². The highest BCUT2D eigenvalue weighted by Crippen LogP contribution is 2.22. The van der Waals surface area contributed by atoms with Crippen molar-refractivity contribution in [3.8, 4) is 11.1 Å². The highest BCUT2D eigenvalue weighted by molar-refractivity contribution is 5.67. The minimum atomic E-state index is 0.802. The fourth-order valence-corrected chi connectivity index (χ4v) is 2.36. The Morgan fingerprint density at radius 2 is 1.30 bits per heavy atom. The summed E-state index contributed by atoms with van der Waals surface area (Å²) >= 11 is 0. The van der Waals surface area contributed by atoms with Crippen LogP contribution in [0.3, 0.4) is 0 Å². The van der Waals surface area contributed by atoms with Crippen LogP contribution in [-0.2, 0) is 6.42 Å². The summed E-state index contributed by atoms with van der Waals surface area (Å²) in [5.74, 6) is 0. The molecule has 0 aliphatic carbocycles. The number of hydrogen-bond acceptors (Lipinski definition) is 1. The Morgan fingerprint density at radius 3 is 2.00 bits per heavy atom. The number of rotatable bonds is 3. The van der Waals surface area contributed by atoms with Crippen LogP contribution in [0.4, 0.5) is 5.69 Å². The van der Waals surface area contributed by atoms with E-state index in [0.717, 1.165) is 17.7 Å². The molecule has 1 nitrogen and oxygen atoms in total. The Hall–Kier alpha value is -2.54. The fourth-order valence-electron chi connectivity index (χ4n) is 2.36. The van der Waals surface area contributed by atoms with Crippen LogP contribution in [0.15, 0.2) is 78.9 Å². The molecule has 98 valence electrons. The average molecular weight is 259 g/mol. The molecule has 0 saturated carbocycles. The molecule has 3 aromatic carbocycles. The van der Waals surface area contributed by atoms with Gasteiger partial charge in [0, 0.05) is 5.69 Å². The molecule has 0 bridgehead atoms. The third-order valence-corrected chi connectivity index (χ3v) is 3.42. The number of nitrogen functional groups attached to an aromatic ring is 1. The lowest BCUT2D eigenvalue weighted by atomic mass is 10.0. The normalized spacial score (nSPS) is 10.4. The van der Waals surface area contributed by atoms with E-state index in [1.807, 2.05) is 24.3 Å². The Labute approximate surface area is 119 Å². The van der Waals surface area contributed by atoms with Crippen molar-refractivity contribution in [3.63, 3.8) is 0 Å². The molecule has 20 heavy (non-hydrogen) atoms. The molecule has 0 aliphatic rings. The first-order chi connectivity index (χ1) is 9.81. The first kappa shape index (κ1) is 12.5. The summed E-state index contributed by atoms with van der Waals surface area (Å²) in [6.45, 7) is 0. The first-order valence-electron chi connectivity index (χ1n) is 6.80. The second-order valence-electron chi connectivity index (χ2n) is 4.98. The van der Waals surface area contributed by atoms with Gasteiger partial charge in [-0.1, -0.05) is 66.7 Å². The van der Waals surface area contributed by atoms with Gasteiger partial charge in [-0.15, -0.1) is 0 Å². The van der Waals surface area contributed by atoms with E-state index in [-0.39, 0.29) is 0 Å². The second kappa shape index (κ2) is 5.62. The first-order valence-corrected chi connectivity index (χ1v) is 6.80. The van der Waals surface area contributed by atoms with Crippen molar-refractivity contribution in [1.29, 1.82) is 0 Å². The van der Waals surface area contributed by atoms with Crippen molar-refractivity contribution in [1.82, 2.24) is 0 Å². The van der Waals surface area contributed by atoms with Crippen LogP contribution in [-0.4, -0.2) is 0 Å². The summed E-state index contributed by atoms with van der Waals surface area (Å²) in [7, 11) is 0. The maximum Gasteiger partial charge on any atom is 0.0320 e. The van der Waals surface area contributed by atoms with Crippen molar-refractivity contribution in [2.75, 3.05) is 5.73 Å². The van der Waals surface area contributed by atoms with Gasteiger partial charge in [0.15, 0.2) is 0 Å². The molecule has 1 heteroatoms. The fraction of sp³-hybridized carbons (Fsp3) is 0.0526. The van der Waals surface area contributed by atoms with Crippen LogP contribution in [0, 0.1) is 0 Å². The Bertz CT molecular complexity index is 684. The molecule has 0 aromatic heterocycles. The highest BCUT2D eigenvalue weighted by Gasteiger charge is 2.00. The third-order valence-electron chi connectivity index (χ3n) is 3.42. The Balaban J connectivity index is 1.81. The molecule has 0 radical (unpaired) electrons. The lowest BCUT2D eigenvalue weighted by Gasteiger charge is -2.06. The molecule has 0 atom stereocenters. The molecule has 0 unspecified atom stereocenters. The van der Waals surface area contributed by atoms with Gasteiger partial charge in [-0.2, -0.15) is 0 Å². The zero-order valence-electron chi connectivity index (χ0n) is 11.3. The van der Waals surface area contributed by atoms with E-state index in [2.05, 4.69) is 54.6 Å². The van der Waals surface area contributed by atoms with E-state index in [9.17, 15) is 0 Å². The van der Waals surface area contributed by atoms with Crippen molar-refractivity contribution >= 4 is 5.69 Å². The van der Waals surface area contributed by atoms with Crippen LogP contribution >= 0.6 is 0 Å². The maximum atomic E-state index is 5.83. The van der Waals surface area contributed by atoms with E-state index in [4.69, 9.17) is 5.73 Å². The van der Waals surface area contributed by atoms with Crippen LogP contribution in [0.1, 0.15) is 11.1 Å². The second-order valence-corrected chi connectivity index (χ2v) is 4.98. The average Bonchev–Trinajstić information content (AvgIpc) is 2.49. The molecule has 0 spiro atoms. The maximum absolute atomic E-state index is 5.83. The van der Waals surface area contributed by atoms with E-state index in [0.29, 0.717) is 0 Å². The van der Waals surface area contributed by atoms with Crippen molar-refractivity contribution < 1.29 is 0 Å². The molecule has 0 amide bonds. The Morgan fingerprint density at radius 1 is 0.600 bits per heavy atom. The highest BCUT2D eigenvalue weighted by atomic mass is 14.5. The Kier molecular flexibility index (Phi) is 3.51. The van der Waals surface area contributed by atoms with Gasteiger partial charge in [0.05, 0.1) is 0 Å². The van der Waals surface area contributed by atoms with Crippen molar-refractivity contribution in [3.05, 3.63) is 90.0 Å². The van der Waals surface area contributed by atoms with Gasteiger partial charge in [-0.25, -0.2) is 0 Å². The largest absolute Gasteiger partial charge is 0.399 e. The zero-order chi connectivity index (χ0) is 13.8. The molecular formula is C19H17N. The summed E-state index contributed by atoms with van der Waals surface area (Å²) in [4.78, 5) is 0. The van der Waals surface area contributed by atoms with E-state index in [1.54, 1.807) is 0 Å².